The van der Waals surface area contributed by atoms with Gasteiger partial charge in [0.2, 0.25) is 5.91 Å². The number of rotatable bonds is 4. The van der Waals surface area contributed by atoms with Gasteiger partial charge in [-0.2, -0.15) is 0 Å². The Kier molecular flexibility index (Phi) is 3.31. The molecule has 3 heteroatoms. The summed E-state index contributed by atoms with van der Waals surface area (Å²) >= 11 is 0. The van der Waals surface area contributed by atoms with E-state index in [4.69, 9.17) is 5.11 Å². The third kappa shape index (κ3) is 2.27. The van der Waals surface area contributed by atoms with E-state index in [2.05, 4.69) is 29.6 Å². The molecular weight excluding hydrogens is 238 g/mol. The normalized spacial score (nSPS) is 29.1. The quantitative estimate of drug-likeness (QED) is 0.865. The molecule has 0 bridgehead atoms. The van der Waals surface area contributed by atoms with Crippen LogP contribution in [0.2, 0.25) is 0 Å². The van der Waals surface area contributed by atoms with Crippen molar-refractivity contribution in [1.29, 1.82) is 0 Å². The van der Waals surface area contributed by atoms with Crippen molar-refractivity contribution >= 4 is 5.91 Å². The molecule has 4 unspecified atom stereocenters. The molecule has 1 aromatic rings. The number of hydrogen-bond acceptors (Lipinski definition) is 2. The van der Waals surface area contributed by atoms with E-state index in [0.717, 1.165) is 12.8 Å². The van der Waals surface area contributed by atoms with Crippen LogP contribution < -0.4 is 5.32 Å². The van der Waals surface area contributed by atoms with Gasteiger partial charge in [0, 0.05) is 19.1 Å². The first kappa shape index (κ1) is 12.7. The van der Waals surface area contributed by atoms with Gasteiger partial charge in [0.25, 0.3) is 0 Å². The van der Waals surface area contributed by atoms with Gasteiger partial charge in [0.15, 0.2) is 0 Å². The number of carbonyl (C=O) groups excluding carboxylic acids is 1. The van der Waals surface area contributed by atoms with Crippen molar-refractivity contribution in [1.82, 2.24) is 5.32 Å². The number of nitrogens with one attached hydrogen (secondary N) is 1. The van der Waals surface area contributed by atoms with Crippen molar-refractivity contribution in [3.63, 3.8) is 0 Å². The van der Waals surface area contributed by atoms with Gasteiger partial charge in [0.05, 0.1) is 0 Å². The Morgan fingerprint density at radius 3 is 3.05 bits per heavy atom. The molecule has 1 saturated carbocycles. The zero-order valence-electron chi connectivity index (χ0n) is 11.3. The van der Waals surface area contributed by atoms with Gasteiger partial charge in [-0.25, -0.2) is 0 Å². The van der Waals surface area contributed by atoms with E-state index < -0.39 is 0 Å². The summed E-state index contributed by atoms with van der Waals surface area (Å²) in [7, 11) is 0. The van der Waals surface area contributed by atoms with Crippen molar-refractivity contribution < 1.29 is 9.90 Å². The Bertz CT molecular complexity index is 485. The zero-order valence-corrected chi connectivity index (χ0v) is 11.3. The zero-order chi connectivity index (χ0) is 13.4. The molecule has 3 nitrogen and oxygen atoms in total. The molecule has 0 radical (unpaired) electrons. The van der Waals surface area contributed by atoms with Crippen molar-refractivity contribution in [2.24, 2.45) is 17.8 Å². The summed E-state index contributed by atoms with van der Waals surface area (Å²) < 4.78 is 0. The molecule has 1 fully saturated rings. The summed E-state index contributed by atoms with van der Waals surface area (Å²) in [5.41, 5.74) is 2.80. The molecular formula is C16H21NO2. The summed E-state index contributed by atoms with van der Waals surface area (Å²) in [6.07, 6.45) is 2.24. The minimum absolute atomic E-state index is 0.126. The number of aryl methyl sites for hydroxylation is 1. The van der Waals surface area contributed by atoms with E-state index in [1.54, 1.807) is 0 Å². The molecule has 2 aliphatic carbocycles. The Hall–Kier alpha value is -1.35. The summed E-state index contributed by atoms with van der Waals surface area (Å²) in [6.45, 7) is 2.64. The van der Waals surface area contributed by atoms with Crippen LogP contribution in [0, 0.1) is 17.8 Å². The van der Waals surface area contributed by atoms with E-state index in [0.29, 0.717) is 18.4 Å². The first-order chi connectivity index (χ1) is 9.22. The molecule has 0 saturated heterocycles. The highest BCUT2D eigenvalue weighted by molar-refractivity contribution is 5.84. The Labute approximate surface area is 114 Å². The summed E-state index contributed by atoms with van der Waals surface area (Å²) in [6, 6.07) is 8.52. The topological polar surface area (TPSA) is 49.3 Å². The predicted octanol–water partition coefficient (Wildman–Crippen LogP) is 1.71. The van der Waals surface area contributed by atoms with Gasteiger partial charge in [0.1, 0.15) is 0 Å². The number of amides is 1. The lowest BCUT2D eigenvalue weighted by Crippen LogP contribution is -2.31. The predicted molar refractivity (Wildman–Crippen MR) is 73.7 cm³/mol. The number of hydrogen-bond donors (Lipinski definition) is 2. The molecule has 1 amide bonds. The molecule has 0 aromatic heterocycles. The van der Waals surface area contributed by atoms with Gasteiger partial charge < -0.3 is 10.4 Å². The van der Waals surface area contributed by atoms with E-state index in [1.165, 1.54) is 11.1 Å². The first-order valence-electron chi connectivity index (χ1n) is 7.18. The number of carbonyl (C=O) groups is 1. The molecule has 3 rings (SSSR count). The lowest BCUT2D eigenvalue weighted by atomic mass is 9.92. The van der Waals surface area contributed by atoms with Crippen molar-refractivity contribution in [3.8, 4) is 0 Å². The Morgan fingerprint density at radius 2 is 2.26 bits per heavy atom. The van der Waals surface area contributed by atoms with Crippen LogP contribution in [0.5, 0.6) is 0 Å². The van der Waals surface area contributed by atoms with Crippen molar-refractivity contribution in [2.45, 2.75) is 25.7 Å². The highest BCUT2D eigenvalue weighted by atomic mass is 16.3. The van der Waals surface area contributed by atoms with Gasteiger partial charge in [-0.1, -0.05) is 31.2 Å². The third-order valence-corrected chi connectivity index (χ3v) is 4.57. The molecule has 102 valence electrons. The lowest BCUT2D eigenvalue weighted by Gasteiger charge is -2.13. The highest BCUT2D eigenvalue weighted by Gasteiger charge is 2.56. The van der Waals surface area contributed by atoms with Crippen LogP contribution in [0.3, 0.4) is 0 Å². The van der Waals surface area contributed by atoms with Crippen molar-refractivity contribution in [2.75, 3.05) is 13.2 Å². The van der Waals surface area contributed by atoms with Crippen LogP contribution in [0.4, 0.5) is 0 Å². The SMILES string of the molecule is CC(CO)CNC(=O)C1C2CCc3ccccc3C21. The minimum Gasteiger partial charge on any atom is -0.396 e. The smallest absolute Gasteiger partial charge is 0.224 e. The second-order valence-corrected chi connectivity index (χ2v) is 5.99. The molecule has 0 aliphatic heterocycles. The number of benzene rings is 1. The largest absolute Gasteiger partial charge is 0.396 e. The molecule has 4 atom stereocenters. The van der Waals surface area contributed by atoms with Crippen LogP contribution in [0.1, 0.15) is 30.4 Å². The highest BCUT2D eigenvalue weighted by Crippen LogP contribution is 2.59. The maximum Gasteiger partial charge on any atom is 0.224 e. The molecule has 0 spiro atoms. The number of aliphatic hydroxyl groups is 1. The van der Waals surface area contributed by atoms with E-state index in [-0.39, 0.29) is 24.3 Å². The molecule has 2 aliphatic rings. The molecule has 1 aromatic carbocycles. The maximum atomic E-state index is 12.2. The third-order valence-electron chi connectivity index (χ3n) is 4.57. The molecule has 19 heavy (non-hydrogen) atoms. The van der Waals surface area contributed by atoms with E-state index in [9.17, 15) is 4.79 Å². The second kappa shape index (κ2) is 4.97. The standard InChI is InChI=1S/C16H21NO2/c1-10(9-18)8-17-16(19)15-13-7-6-11-4-2-3-5-12(11)14(13)15/h2-5,10,13-15,18H,6-9H2,1H3,(H,17,19). The van der Waals surface area contributed by atoms with Crippen LogP contribution >= 0.6 is 0 Å². The monoisotopic (exact) mass is 259 g/mol. The fraction of sp³-hybridized carbons (Fsp3) is 0.562. The van der Waals surface area contributed by atoms with Crippen LogP contribution in [0.25, 0.3) is 0 Å². The van der Waals surface area contributed by atoms with Gasteiger partial charge >= 0.3 is 0 Å². The average Bonchev–Trinajstić information content (AvgIpc) is 3.19. The Balaban J connectivity index is 1.65. The molecule has 2 N–H and O–H groups in total. The van der Waals surface area contributed by atoms with E-state index in [1.807, 2.05) is 6.92 Å². The van der Waals surface area contributed by atoms with Crippen LogP contribution in [0.15, 0.2) is 24.3 Å². The van der Waals surface area contributed by atoms with Crippen LogP contribution in [-0.2, 0) is 11.2 Å². The fourth-order valence-corrected chi connectivity index (χ4v) is 3.38. The van der Waals surface area contributed by atoms with Gasteiger partial charge in [-0.3, -0.25) is 4.79 Å². The number of fused-ring (bicyclic) bond motifs is 3. The average molecular weight is 259 g/mol. The van der Waals surface area contributed by atoms with Crippen LogP contribution in [-0.4, -0.2) is 24.2 Å². The fourth-order valence-electron chi connectivity index (χ4n) is 3.38. The Morgan fingerprint density at radius 1 is 1.47 bits per heavy atom. The minimum atomic E-state index is 0.126. The first-order valence-corrected chi connectivity index (χ1v) is 7.18. The summed E-state index contributed by atoms with van der Waals surface area (Å²) in [5, 5.41) is 12.0. The second-order valence-electron chi connectivity index (χ2n) is 5.99. The van der Waals surface area contributed by atoms with Gasteiger partial charge in [-0.05, 0) is 41.7 Å². The van der Waals surface area contributed by atoms with Crippen molar-refractivity contribution in [3.05, 3.63) is 35.4 Å². The number of aliphatic hydroxyl groups excluding tert-OH is 1. The summed E-state index contributed by atoms with van der Waals surface area (Å²) in [5.74, 6) is 1.45. The lowest BCUT2D eigenvalue weighted by molar-refractivity contribution is -0.122. The van der Waals surface area contributed by atoms with Gasteiger partial charge in [-0.15, -0.1) is 0 Å². The summed E-state index contributed by atoms with van der Waals surface area (Å²) in [4.78, 5) is 12.2. The maximum absolute atomic E-state index is 12.2. The van der Waals surface area contributed by atoms with E-state index >= 15 is 0 Å². The molecule has 0 heterocycles.